The van der Waals surface area contributed by atoms with Crippen LogP contribution >= 0.6 is 0 Å². The number of nitrogens with zero attached hydrogens (tertiary/aromatic N) is 1. The van der Waals surface area contributed by atoms with E-state index in [0.29, 0.717) is 23.4 Å². The number of rotatable bonds is 2. The van der Waals surface area contributed by atoms with Gasteiger partial charge in [0.25, 0.3) is 0 Å². The zero-order chi connectivity index (χ0) is 8.55. The minimum absolute atomic E-state index is 0.345. The van der Waals surface area contributed by atoms with Crippen LogP contribution in [0.25, 0.3) is 0 Å². The fourth-order valence-corrected chi connectivity index (χ4v) is 0.939. The normalized spacial score (nSPS) is 16.0. The summed E-state index contributed by atoms with van der Waals surface area (Å²) in [4.78, 5) is 3.89. The number of nitrogens with two attached hydrogens (primary N) is 2. The number of ether oxygens (including phenoxy) is 1. The van der Waals surface area contributed by atoms with Gasteiger partial charge in [0.05, 0.1) is 18.0 Å². The third-order valence-electron chi connectivity index (χ3n) is 1.74. The smallest absolute Gasteiger partial charge is 0.161 e. The third-order valence-corrected chi connectivity index (χ3v) is 1.74. The van der Waals surface area contributed by atoms with Gasteiger partial charge >= 0.3 is 0 Å². The molecule has 1 aromatic heterocycles. The highest BCUT2D eigenvalue weighted by molar-refractivity contribution is 5.56. The number of pyridine rings is 1. The maximum atomic E-state index is 5.65. The first kappa shape index (κ1) is 7.21. The van der Waals surface area contributed by atoms with Gasteiger partial charge in [0.2, 0.25) is 0 Å². The molecule has 1 aromatic rings. The van der Waals surface area contributed by atoms with Gasteiger partial charge in [-0.1, -0.05) is 0 Å². The SMILES string of the molecule is Nc1cc(N)c(OC2CC2)cn1. The average molecular weight is 165 g/mol. The van der Waals surface area contributed by atoms with Gasteiger partial charge in [-0.2, -0.15) is 0 Å². The molecule has 1 heterocycles. The molecule has 0 unspecified atom stereocenters. The summed E-state index contributed by atoms with van der Waals surface area (Å²) in [6, 6.07) is 1.61. The molecule has 1 aliphatic carbocycles. The molecule has 12 heavy (non-hydrogen) atoms. The number of nitrogen functional groups attached to an aromatic ring is 2. The zero-order valence-corrected chi connectivity index (χ0v) is 6.66. The van der Waals surface area contributed by atoms with E-state index in [1.165, 1.54) is 0 Å². The Morgan fingerprint density at radius 3 is 2.75 bits per heavy atom. The second-order valence-electron chi connectivity index (χ2n) is 2.96. The predicted octanol–water partition coefficient (Wildman–Crippen LogP) is 0.787. The Hall–Kier alpha value is -1.45. The second kappa shape index (κ2) is 2.55. The van der Waals surface area contributed by atoms with Gasteiger partial charge in [-0.05, 0) is 12.8 Å². The lowest BCUT2D eigenvalue weighted by molar-refractivity contribution is 0.304. The topological polar surface area (TPSA) is 74.2 Å². The van der Waals surface area contributed by atoms with Gasteiger partial charge in [0.15, 0.2) is 5.75 Å². The zero-order valence-electron chi connectivity index (χ0n) is 6.66. The molecule has 4 nitrogen and oxygen atoms in total. The Bertz CT molecular complexity index is 296. The van der Waals surface area contributed by atoms with E-state index < -0.39 is 0 Å². The fourth-order valence-electron chi connectivity index (χ4n) is 0.939. The van der Waals surface area contributed by atoms with Crippen LogP contribution in [0.3, 0.4) is 0 Å². The molecule has 0 spiro atoms. The Labute approximate surface area is 70.5 Å². The highest BCUT2D eigenvalue weighted by Gasteiger charge is 2.24. The number of hydrogen-bond donors (Lipinski definition) is 2. The van der Waals surface area contributed by atoms with Crippen LogP contribution in [0.4, 0.5) is 11.5 Å². The van der Waals surface area contributed by atoms with Crippen LogP contribution in [0.15, 0.2) is 12.3 Å². The van der Waals surface area contributed by atoms with Gasteiger partial charge in [-0.25, -0.2) is 4.98 Å². The predicted molar refractivity (Wildman–Crippen MR) is 46.7 cm³/mol. The minimum Gasteiger partial charge on any atom is -0.487 e. The summed E-state index contributed by atoms with van der Waals surface area (Å²) in [6.45, 7) is 0. The largest absolute Gasteiger partial charge is 0.487 e. The highest BCUT2D eigenvalue weighted by atomic mass is 16.5. The van der Waals surface area contributed by atoms with Crippen molar-refractivity contribution in [3.63, 3.8) is 0 Å². The summed E-state index contributed by atoms with van der Waals surface area (Å²) in [5.41, 5.74) is 11.6. The Balaban J connectivity index is 2.18. The molecular weight excluding hydrogens is 154 g/mol. The maximum Gasteiger partial charge on any atom is 0.161 e. The summed E-state index contributed by atoms with van der Waals surface area (Å²) in [6.07, 6.45) is 4.15. The lowest BCUT2D eigenvalue weighted by atomic mass is 10.4. The Kier molecular flexibility index (Phi) is 1.53. The third kappa shape index (κ3) is 1.42. The standard InChI is InChI=1S/C8H11N3O/c9-6-3-8(10)11-4-7(6)12-5-1-2-5/h3-5H,1-2H2,(H4,9,10,11). The van der Waals surface area contributed by atoms with Crippen molar-refractivity contribution in [3.05, 3.63) is 12.3 Å². The monoisotopic (exact) mass is 165 g/mol. The second-order valence-corrected chi connectivity index (χ2v) is 2.96. The van der Waals surface area contributed by atoms with Gasteiger partial charge in [0.1, 0.15) is 5.82 Å². The lowest BCUT2D eigenvalue weighted by Gasteiger charge is -2.06. The Morgan fingerprint density at radius 1 is 1.42 bits per heavy atom. The van der Waals surface area contributed by atoms with Crippen molar-refractivity contribution in [3.8, 4) is 5.75 Å². The molecule has 0 aromatic carbocycles. The number of hydrogen-bond acceptors (Lipinski definition) is 4. The van der Waals surface area contributed by atoms with E-state index in [-0.39, 0.29) is 0 Å². The summed E-state index contributed by atoms with van der Waals surface area (Å²) in [5, 5.41) is 0. The van der Waals surface area contributed by atoms with Crippen molar-refractivity contribution >= 4 is 11.5 Å². The molecule has 4 heteroatoms. The van der Waals surface area contributed by atoms with Crippen LogP contribution < -0.4 is 16.2 Å². The van der Waals surface area contributed by atoms with E-state index in [2.05, 4.69) is 4.98 Å². The van der Waals surface area contributed by atoms with Gasteiger partial charge in [-0.3, -0.25) is 0 Å². The van der Waals surface area contributed by atoms with Crippen LogP contribution in [-0.4, -0.2) is 11.1 Å². The quantitative estimate of drug-likeness (QED) is 0.679. The van der Waals surface area contributed by atoms with Crippen LogP contribution in [0.5, 0.6) is 5.75 Å². The highest BCUT2D eigenvalue weighted by Crippen LogP contribution is 2.30. The van der Waals surface area contributed by atoms with E-state index in [0.717, 1.165) is 12.8 Å². The molecular formula is C8H11N3O. The van der Waals surface area contributed by atoms with Crippen LogP contribution in [0, 0.1) is 0 Å². The molecule has 0 aliphatic heterocycles. The Morgan fingerprint density at radius 2 is 2.17 bits per heavy atom. The molecule has 1 saturated carbocycles. The molecule has 2 rings (SSSR count). The van der Waals surface area contributed by atoms with Crippen molar-refractivity contribution < 1.29 is 4.74 Å². The first-order valence-electron chi connectivity index (χ1n) is 3.93. The average Bonchev–Trinajstić information content (AvgIpc) is 2.79. The van der Waals surface area contributed by atoms with E-state index >= 15 is 0 Å². The van der Waals surface area contributed by atoms with Crippen LogP contribution in [0.2, 0.25) is 0 Å². The summed E-state index contributed by atoms with van der Waals surface area (Å²) >= 11 is 0. The maximum absolute atomic E-state index is 5.65. The van der Waals surface area contributed by atoms with E-state index in [1.54, 1.807) is 12.3 Å². The number of anilines is 2. The van der Waals surface area contributed by atoms with Crippen molar-refractivity contribution in [2.75, 3.05) is 11.5 Å². The van der Waals surface area contributed by atoms with Gasteiger partial charge in [-0.15, -0.1) is 0 Å². The van der Waals surface area contributed by atoms with Gasteiger partial charge in [0, 0.05) is 6.07 Å². The number of aromatic nitrogens is 1. The summed E-state index contributed by atoms with van der Waals surface area (Å²) in [5.74, 6) is 1.07. The van der Waals surface area contributed by atoms with Gasteiger partial charge < -0.3 is 16.2 Å². The van der Waals surface area contributed by atoms with Crippen molar-refractivity contribution in [1.29, 1.82) is 0 Å². The molecule has 0 amide bonds. The molecule has 0 bridgehead atoms. The molecule has 0 atom stereocenters. The van der Waals surface area contributed by atoms with Crippen molar-refractivity contribution in [2.45, 2.75) is 18.9 Å². The van der Waals surface area contributed by atoms with E-state index in [9.17, 15) is 0 Å². The summed E-state index contributed by atoms with van der Waals surface area (Å²) in [7, 11) is 0. The lowest BCUT2D eigenvalue weighted by Crippen LogP contribution is -2.01. The summed E-state index contributed by atoms with van der Waals surface area (Å²) < 4.78 is 5.47. The molecule has 4 N–H and O–H groups in total. The van der Waals surface area contributed by atoms with Crippen LogP contribution in [0.1, 0.15) is 12.8 Å². The molecule has 1 fully saturated rings. The first-order valence-corrected chi connectivity index (χ1v) is 3.93. The van der Waals surface area contributed by atoms with Crippen molar-refractivity contribution in [1.82, 2.24) is 4.98 Å². The minimum atomic E-state index is 0.345. The fraction of sp³-hybridized carbons (Fsp3) is 0.375. The molecule has 64 valence electrons. The van der Waals surface area contributed by atoms with E-state index in [1.807, 2.05) is 0 Å². The molecule has 0 radical (unpaired) electrons. The van der Waals surface area contributed by atoms with Crippen molar-refractivity contribution in [2.24, 2.45) is 0 Å². The molecule has 0 saturated heterocycles. The molecule has 1 aliphatic rings. The first-order chi connectivity index (χ1) is 5.75. The van der Waals surface area contributed by atoms with Crippen LogP contribution in [-0.2, 0) is 0 Å². The van der Waals surface area contributed by atoms with E-state index in [4.69, 9.17) is 16.2 Å².